The molecule has 0 saturated carbocycles. The van der Waals surface area contributed by atoms with E-state index in [4.69, 9.17) is 9.72 Å². The summed E-state index contributed by atoms with van der Waals surface area (Å²) in [6.45, 7) is 6.15. The maximum absolute atomic E-state index is 12.9. The summed E-state index contributed by atoms with van der Waals surface area (Å²) in [6.07, 6.45) is -1.66. The van der Waals surface area contributed by atoms with E-state index in [1.165, 1.54) is 10.5 Å². The Morgan fingerprint density at radius 1 is 1.02 bits per heavy atom. The van der Waals surface area contributed by atoms with E-state index in [0.29, 0.717) is 36.0 Å². The van der Waals surface area contributed by atoms with Gasteiger partial charge in [0.25, 0.3) is 0 Å². The number of anilines is 2. The average molecular weight is 580 g/mol. The summed E-state index contributed by atoms with van der Waals surface area (Å²) in [7, 11) is 1.96. The molecule has 1 aliphatic rings. The minimum absolute atomic E-state index is 0.00530. The molecule has 0 unspecified atom stereocenters. The van der Waals surface area contributed by atoms with Crippen LogP contribution in [0, 0.1) is 5.92 Å². The number of hydrogen-bond donors (Lipinski definition) is 1. The Bertz CT molecular complexity index is 1570. The highest BCUT2D eigenvalue weighted by Crippen LogP contribution is 2.30. The number of ketones is 1. The van der Waals surface area contributed by atoms with Gasteiger partial charge in [0.1, 0.15) is 17.3 Å². The zero-order valence-corrected chi connectivity index (χ0v) is 24.3. The third-order valence-corrected chi connectivity index (χ3v) is 7.66. The molecule has 7 nitrogen and oxygen atoms in total. The molecule has 2 aromatic carbocycles. The Labute approximate surface area is 243 Å². The van der Waals surface area contributed by atoms with Gasteiger partial charge in [-0.15, -0.1) is 0 Å². The molecule has 222 valence electrons. The second-order valence-corrected chi connectivity index (χ2v) is 12.0. The number of alkyl halides is 3. The molecule has 0 amide bonds. The number of aryl methyl sites for hydroxylation is 1. The maximum Gasteiger partial charge on any atom is 0.401 e. The first-order valence-corrected chi connectivity index (χ1v) is 14.1. The number of nitrogens with zero attached hydrogens (tertiary/aromatic N) is 4. The Morgan fingerprint density at radius 3 is 2.48 bits per heavy atom. The summed E-state index contributed by atoms with van der Waals surface area (Å²) < 4.78 is 46.1. The topological polar surface area (TPSA) is 72.3 Å². The van der Waals surface area contributed by atoms with Crippen molar-refractivity contribution in [2.45, 2.75) is 51.6 Å². The van der Waals surface area contributed by atoms with Gasteiger partial charge < -0.3 is 14.6 Å². The number of carbonyl (C=O) groups excluding carboxylic acids is 1. The standard InChI is InChI=1S/C32H36F3N5O2/c1-31(2,3)22-6-5-7-23(16-22)37-30-38-27-19-25(8-9-28(27)39(30)4)42-26-10-13-36-24(17-26)18-29(41)21-11-14-40(15-12-21)20-32(33,34)35/h5-10,13,16-17,19,21H,11-12,14-15,18,20H2,1-4H3,(H,37,38). The average Bonchev–Trinajstić information content (AvgIpc) is 3.22. The number of pyridine rings is 1. The molecule has 42 heavy (non-hydrogen) atoms. The lowest BCUT2D eigenvalue weighted by Gasteiger charge is -2.31. The Balaban J connectivity index is 1.23. The smallest absolute Gasteiger partial charge is 0.401 e. The summed E-state index contributed by atoms with van der Waals surface area (Å²) in [5, 5.41) is 3.43. The van der Waals surface area contributed by atoms with Gasteiger partial charge in [-0.3, -0.25) is 14.7 Å². The van der Waals surface area contributed by atoms with E-state index >= 15 is 0 Å². The number of likely N-dealkylation sites (tertiary alicyclic amines) is 1. The molecule has 5 rings (SSSR count). The second-order valence-electron chi connectivity index (χ2n) is 12.0. The number of halogens is 3. The highest BCUT2D eigenvalue weighted by molar-refractivity contribution is 5.83. The molecule has 1 fully saturated rings. The third kappa shape index (κ3) is 7.28. The van der Waals surface area contributed by atoms with E-state index in [1.807, 2.05) is 41.9 Å². The molecule has 1 aliphatic heterocycles. The van der Waals surface area contributed by atoms with Crippen molar-refractivity contribution < 1.29 is 22.7 Å². The van der Waals surface area contributed by atoms with Crippen LogP contribution in [-0.2, 0) is 23.7 Å². The van der Waals surface area contributed by atoms with Crippen molar-refractivity contribution in [2.75, 3.05) is 25.0 Å². The van der Waals surface area contributed by atoms with Crippen molar-refractivity contribution in [3.63, 3.8) is 0 Å². The molecule has 0 bridgehead atoms. The predicted octanol–water partition coefficient (Wildman–Crippen LogP) is 7.19. The quantitative estimate of drug-likeness (QED) is 0.238. The summed E-state index contributed by atoms with van der Waals surface area (Å²) in [4.78, 5) is 23.3. The normalized spacial score (nSPS) is 15.2. The van der Waals surface area contributed by atoms with Crippen molar-refractivity contribution in [3.05, 3.63) is 72.1 Å². The van der Waals surface area contributed by atoms with Gasteiger partial charge in [-0.05, 0) is 67.2 Å². The molecule has 10 heteroatoms. The molecule has 0 atom stereocenters. The van der Waals surface area contributed by atoms with Gasteiger partial charge >= 0.3 is 6.18 Å². The first kappa shape index (κ1) is 29.6. The minimum Gasteiger partial charge on any atom is -0.457 e. The lowest BCUT2D eigenvalue weighted by atomic mass is 9.87. The van der Waals surface area contributed by atoms with Crippen molar-refractivity contribution in [1.29, 1.82) is 0 Å². The number of rotatable bonds is 8. The number of piperidine rings is 1. The SMILES string of the molecule is Cn1c(Nc2cccc(C(C)(C)C)c2)nc2cc(Oc3ccnc(CC(=O)C4CCN(CC(F)(F)F)CC4)c3)ccc21. The van der Waals surface area contributed by atoms with E-state index in [-0.39, 0.29) is 36.6 Å². The van der Waals surface area contributed by atoms with E-state index < -0.39 is 12.7 Å². The third-order valence-electron chi connectivity index (χ3n) is 7.66. The number of nitrogens with one attached hydrogen (secondary N) is 1. The van der Waals surface area contributed by atoms with E-state index in [0.717, 1.165) is 16.7 Å². The fourth-order valence-electron chi connectivity index (χ4n) is 5.29. The number of carbonyl (C=O) groups is 1. The number of ether oxygens (including phenoxy) is 1. The van der Waals surface area contributed by atoms with Crippen LogP contribution in [0.4, 0.5) is 24.8 Å². The molecule has 0 radical (unpaired) electrons. The highest BCUT2D eigenvalue weighted by Gasteiger charge is 2.33. The van der Waals surface area contributed by atoms with Gasteiger partial charge in [-0.2, -0.15) is 13.2 Å². The number of hydrogen-bond acceptors (Lipinski definition) is 6. The first-order chi connectivity index (χ1) is 19.8. The van der Waals surface area contributed by atoms with Crippen LogP contribution in [0.25, 0.3) is 11.0 Å². The van der Waals surface area contributed by atoms with Crippen LogP contribution in [0.2, 0.25) is 0 Å². The van der Waals surface area contributed by atoms with Crippen LogP contribution in [0.3, 0.4) is 0 Å². The summed E-state index contributed by atoms with van der Waals surface area (Å²) in [5.74, 6) is 1.59. The zero-order chi connectivity index (χ0) is 30.1. The monoisotopic (exact) mass is 579 g/mol. The summed E-state index contributed by atoms with van der Waals surface area (Å²) in [5.41, 5.74) is 4.51. The molecular formula is C32H36F3N5O2. The van der Waals surface area contributed by atoms with Gasteiger partial charge in [0.05, 0.1) is 23.3 Å². The zero-order valence-electron chi connectivity index (χ0n) is 24.3. The largest absolute Gasteiger partial charge is 0.457 e. The fourth-order valence-corrected chi connectivity index (χ4v) is 5.29. The van der Waals surface area contributed by atoms with E-state index in [2.05, 4.69) is 43.2 Å². The maximum atomic E-state index is 12.9. The molecular weight excluding hydrogens is 543 g/mol. The van der Waals surface area contributed by atoms with Crippen LogP contribution in [-0.4, -0.2) is 51.0 Å². The highest BCUT2D eigenvalue weighted by atomic mass is 19.4. The van der Waals surface area contributed by atoms with Crippen molar-refractivity contribution in [2.24, 2.45) is 13.0 Å². The van der Waals surface area contributed by atoms with Crippen LogP contribution in [0.5, 0.6) is 11.5 Å². The summed E-state index contributed by atoms with van der Waals surface area (Å²) in [6, 6.07) is 17.5. The Kier molecular flexibility index (Phi) is 8.28. The molecule has 4 aromatic rings. The molecule has 2 aromatic heterocycles. The Morgan fingerprint density at radius 2 is 1.76 bits per heavy atom. The summed E-state index contributed by atoms with van der Waals surface area (Å²) >= 11 is 0. The molecule has 0 aliphatic carbocycles. The number of fused-ring (bicyclic) bond motifs is 1. The van der Waals surface area contributed by atoms with E-state index in [9.17, 15) is 18.0 Å². The van der Waals surface area contributed by atoms with E-state index in [1.54, 1.807) is 18.3 Å². The van der Waals surface area contributed by atoms with Crippen LogP contribution < -0.4 is 10.1 Å². The Hall–Kier alpha value is -3.92. The van der Waals surface area contributed by atoms with Gasteiger partial charge in [-0.1, -0.05) is 32.9 Å². The van der Waals surface area contributed by atoms with Crippen LogP contribution in [0.1, 0.15) is 44.9 Å². The van der Waals surface area contributed by atoms with Crippen molar-refractivity contribution >= 4 is 28.5 Å². The first-order valence-electron chi connectivity index (χ1n) is 14.1. The molecule has 3 heterocycles. The predicted molar refractivity (Wildman–Crippen MR) is 157 cm³/mol. The number of Topliss-reactive ketones (excluding diaryl/α,β-unsaturated/α-hetero) is 1. The van der Waals surface area contributed by atoms with Gasteiger partial charge in [0, 0.05) is 43.4 Å². The van der Waals surface area contributed by atoms with Gasteiger partial charge in [-0.25, -0.2) is 4.98 Å². The molecule has 1 saturated heterocycles. The van der Waals surface area contributed by atoms with Crippen molar-refractivity contribution in [1.82, 2.24) is 19.4 Å². The van der Waals surface area contributed by atoms with Crippen molar-refractivity contribution in [3.8, 4) is 11.5 Å². The molecule has 0 spiro atoms. The van der Waals surface area contributed by atoms with Crippen LogP contribution >= 0.6 is 0 Å². The van der Waals surface area contributed by atoms with Crippen LogP contribution in [0.15, 0.2) is 60.8 Å². The fraction of sp³-hybridized carbons (Fsp3) is 0.406. The lowest BCUT2D eigenvalue weighted by molar-refractivity contribution is -0.149. The van der Waals surface area contributed by atoms with Gasteiger partial charge in [0.2, 0.25) is 5.95 Å². The second kappa shape index (κ2) is 11.8. The number of imidazole rings is 1. The van der Waals surface area contributed by atoms with Gasteiger partial charge in [0.15, 0.2) is 0 Å². The molecule has 1 N–H and O–H groups in total. The lowest BCUT2D eigenvalue weighted by Crippen LogP contribution is -2.41. The number of aromatic nitrogens is 3. The number of benzene rings is 2. The minimum atomic E-state index is -4.22.